The van der Waals surface area contributed by atoms with Crippen molar-refractivity contribution in [2.45, 2.75) is 58.5 Å². The van der Waals surface area contributed by atoms with E-state index in [-0.39, 0.29) is 12.1 Å². The van der Waals surface area contributed by atoms with Crippen molar-refractivity contribution in [3.05, 3.63) is 11.1 Å². The molecule has 98 valence electrons. The van der Waals surface area contributed by atoms with Crippen LogP contribution in [0, 0.1) is 0 Å². The second-order valence-electron chi connectivity index (χ2n) is 4.64. The third-order valence-electron chi connectivity index (χ3n) is 3.29. The van der Waals surface area contributed by atoms with E-state index >= 15 is 0 Å². The molecule has 1 aliphatic rings. The predicted octanol–water partition coefficient (Wildman–Crippen LogP) is 3.24. The van der Waals surface area contributed by atoms with Gasteiger partial charge in [-0.15, -0.1) is 0 Å². The molecule has 1 unspecified atom stereocenters. The van der Waals surface area contributed by atoms with Crippen LogP contribution in [0.15, 0.2) is 11.1 Å². The molecule has 3 heteroatoms. The van der Waals surface area contributed by atoms with Crippen molar-refractivity contribution in [1.29, 1.82) is 0 Å². The smallest absolute Gasteiger partial charge is 0.336 e. The molecule has 0 N–H and O–H groups in total. The lowest BCUT2D eigenvalue weighted by molar-refractivity contribution is -0.139. The maximum atomic E-state index is 11.7. The topological polar surface area (TPSA) is 35.5 Å². The van der Waals surface area contributed by atoms with E-state index < -0.39 is 0 Å². The highest BCUT2D eigenvalue weighted by Crippen LogP contribution is 2.26. The Morgan fingerprint density at radius 2 is 2.06 bits per heavy atom. The Kier molecular flexibility index (Phi) is 6.27. The van der Waals surface area contributed by atoms with Gasteiger partial charge in [0, 0.05) is 6.42 Å². The summed E-state index contributed by atoms with van der Waals surface area (Å²) in [6.07, 6.45) is 6.77. The van der Waals surface area contributed by atoms with Gasteiger partial charge in [-0.1, -0.05) is 31.8 Å². The standard InChI is InChI=1S/C14H24O3/c1-4-5-6-7-8-11(2)13(14(15)16-3)12-9-10-17-12/h12H,4-10H2,1-3H3. The lowest BCUT2D eigenvalue weighted by atomic mass is 9.95. The zero-order chi connectivity index (χ0) is 12.7. The van der Waals surface area contributed by atoms with E-state index in [1.165, 1.54) is 26.4 Å². The monoisotopic (exact) mass is 240 g/mol. The number of allylic oxidation sites excluding steroid dienone is 1. The molecule has 3 nitrogen and oxygen atoms in total. The number of carbonyl (C=O) groups excluding carboxylic acids is 1. The molecule has 0 spiro atoms. The summed E-state index contributed by atoms with van der Waals surface area (Å²) < 4.78 is 10.2. The number of carbonyl (C=O) groups is 1. The normalized spacial score (nSPS) is 20.5. The SMILES string of the molecule is CCCCCCC(C)=C(C(=O)OC)C1CCO1. The van der Waals surface area contributed by atoms with Crippen LogP contribution in [0.1, 0.15) is 52.4 Å². The fraction of sp³-hybridized carbons (Fsp3) is 0.786. The van der Waals surface area contributed by atoms with Crippen LogP contribution in [0.3, 0.4) is 0 Å². The van der Waals surface area contributed by atoms with E-state index in [1.54, 1.807) is 0 Å². The van der Waals surface area contributed by atoms with Crippen molar-refractivity contribution in [2.24, 2.45) is 0 Å². The fourth-order valence-corrected chi connectivity index (χ4v) is 2.11. The number of hydrogen-bond acceptors (Lipinski definition) is 3. The van der Waals surface area contributed by atoms with E-state index in [0.29, 0.717) is 0 Å². The van der Waals surface area contributed by atoms with Crippen LogP contribution < -0.4 is 0 Å². The zero-order valence-electron chi connectivity index (χ0n) is 11.3. The molecule has 0 aliphatic carbocycles. The molecular formula is C14H24O3. The molecule has 1 rings (SSSR count). The Hall–Kier alpha value is -0.830. The molecule has 1 aliphatic heterocycles. The Bertz CT molecular complexity index is 277. The van der Waals surface area contributed by atoms with Crippen LogP contribution >= 0.6 is 0 Å². The molecule has 0 aromatic rings. The lowest BCUT2D eigenvalue weighted by Crippen LogP contribution is -2.33. The van der Waals surface area contributed by atoms with Crippen molar-refractivity contribution in [3.8, 4) is 0 Å². The molecule has 0 aromatic carbocycles. The Morgan fingerprint density at radius 1 is 1.35 bits per heavy atom. The van der Waals surface area contributed by atoms with Gasteiger partial charge in [-0.05, 0) is 19.8 Å². The van der Waals surface area contributed by atoms with E-state index in [4.69, 9.17) is 9.47 Å². The first-order valence-electron chi connectivity index (χ1n) is 6.60. The van der Waals surface area contributed by atoms with Crippen LogP contribution in [0.25, 0.3) is 0 Å². The Balaban J connectivity index is 2.55. The summed E-state index contributed by atoms with van der Waals surface area (Å²) in [5.41, 5.74) is 1.90. The van der Waals surface area contributed by atoms with Crippen molar-refractivity contribution in [2.75, 3.05) is 13.7 Å². The molecule has 1 saturated heterocycles. The van der Waals surface area contributed by atoms with Gasteiger partial charge in [0.25, 0.3) is 0 Å². The second-order valence-corrected chi connectivity index (χ2v) is 4.64. The van der Waals surface area contributed by atoms with E-state index in [1.807, 2.05) is 6.92 Å². The average Bonchev–Trinajstić information content (AvgIpc) is 2.27. The Labute approximate surface area is 104 Å². The minimum atomic E-state index is -0.220. The van der Waals surface area contributed by atoms with Gasteiger partial charge < -0.3 is 9.47 Å². The molecule has 0 bridgehead atoms. The first kappa shape index (κ1) is 14.2. The molecular weight excluding hydrogens is 216 g/mol. The van der Waals surface area contributed by atoms with Crippen LogP contribution in [0.4, 0.5) is 0 Å². The highest BCUT2D eigenvalue weighted by atomic mass is 16.5. The first-order chi connectivity index (χ1) is 8.20. The summed E-state index contributed by atoms with van der Waals surface area (Å²) in [7, 11) is 1.44. The lowest BCUT2D eigenvalue weighted by Gasteiger charge is -2.29. The van der Waals surface area contributed by atoms with Crippen molar-refractivity contribution in [3.63, 3.8) is 0 Å². The van der Waals surface area contributed by atoms with Crippen LogP contribution in [-0.4, -0.2) is 25.8 Å². The third-order valence-corrected chi connectivity index (χ3v) is 3.29. The summed E-state index contributed by atoms with van der Waals surface area (Å²) in [6, 6.07) is 0. The quantitative estimate of drug-likeness (QED) is 0.389. The molecule has 0 aromatic heterocycles. The number of ether oxygens (including phenoxy) is 2. The summed E-state index contributed by atoms with van der Waals surface area (Å²) in [6.45, 7) is 4.99. The maximum absolute atomic E-state index is 11.7. The summed E-state index contributed by atoms with van der Waals surface area (Å²) >= 11 is 0. The first-order valence-corrected chi connectivity index (χ1v) is 6.60. The minimum absolute atomic E-state index is 0.0198. The fourth-order valence-electron chi connectivity index (χ4n) is 2.11. The number of esters is 1. The maximum Gasteiger partial charge on any atom is 0.336 e. The van der Waals surface area contributed by atoms with Crippen molar-refractivity contribution in [1.82, 2.24) is 0 Å². The van der Waals surface area contributed by atoms with Gasteiger partial charge in [0.05, 0.1) is 25.4 Å². The third kappa shape index (κ3) is 4.15. The van der Waals surface area contributed by atoms with Crippen LogP contribution in [0.2, 0.25) is 0 Å². The summed E-state index contributed by atoms with van der Waals surface area (Å²) in [5, 5.41) is 0. The molecule has 1 atom stereocenters. The van der Waals surface area contributed by atoms with Gasteiger partial charge in [0.1, 0.15) is 0 Å². The highest BCUT2D eigenvalue weighted by molar-refractivity contribution is 5.90. The van der Waals surface area contributed by atoms with Crippen LogP contribution in [-0.2, 0) is 14.3 Å². The van der Waals surface area contributed by atoms with E-state index in [0.717, 1.165) is 37.0 Å². The van der Waals surface area contributed by atoms with Gasteiger partial charge in [-0.2, -0.15) is 0 Å². The molecule has 0 radical (unpaired) electrons. The van der Waals surface area contributed by atoms with E-state index in [2.05, 4.69) is 6.92 Å². The van der Waals surface area contributed by atoms with Gasteiger partial charge >= 0.3 is 5.97 Å². The summed E-state index contributed by atoms with van der Waals surface area (Å²) in [5.74, 6) is -0.220. The zero-order valence-corrected chi connectivity index (χ0v) is 11.3. The predicted molar refractivity (Wildman–Crippen MR) is 67.8 cm³/mol. The number of rotatable bonds is 7. The minimum Gasteiger partial charge on any atom is -0.466 e. The molecule has 1 fully saturated rings. The average molecular weight is 240 g/mol. The Morgan fingerprint density at radius 3 is 2.53 bits per heavy atom. The molecule has 0 amide bonds. The van der Waals surface area contributed by atoms with Crippen molar-refractivity contribution < 1.29 is 14.3 Å². The van der Waals surface area contributed by atoms with E-state index in [9.17, 15) is 4.79 Å². The number of methoxy groups -OCH3 is 1. The molecule has 0 saturated carbocycles. The molecule has 1 heterocycles. The summed E-state index contributed by atoms with van der Waals surface area (Å²) in [4.78, 5) is 11.7. The van der Waals surface area contributed by atoms with Gasteiger partial charge in [-0.3, -0.25) is 0 Å². The number of unbranched alkanes of at least 4 members (excludes halogenated alkanes) is 3. The molecule has 17 heavy (non-hydrogen) atoms. The number of hydrogen-bond donors (Lipinski definition) is 0. The van der Waals surface area contributed by atoms with Crippen LogP contribution in [0.5, 0.6) is 0 Å². The van der Waals surface area contributed by atoms with Gasteiger partial charge in [0.2, 0.25) is 0 Å². The largest absolute Gasteiger partial charge is 0.466 e. The van der Waals surface area contributed by atoms with Gasteiger partial charge in [0.15, 0.2) is 0 Å². The second kappa shape index (κ2) is 7.49. The highest BCUT2D eigenvalue weighted by Gasteiger charge is 2.29. The van der Waals surface area contributed by atoms with Gasteiger partial charge in [-0.25, -0.2) is 4.79 Å². The van der Waals surface area contributed by atoms with Crippen molar-refractivity contribution >= 4 is 5.97 Å².